The van der Waals surface area contributed by atoms with Gasteiger partial charge in [-0.1, -0.05) is 6.07 Å². The molecule has 3 aromatic rings. The average Bonchev–Trinajstić information content (AvgIpc) is 3.45. The fourth-order valence-corrected chi connectivity index (χ4v) is 3.62. The van der Waals surface area contributed by atoms with Crippen molar-refractivity contribution in [2.75, 3.05) is 19.5 Å². The second-order valence-electron chi connectivity index (χ2n) is 7.24. The zero-order chi connectivity index (χ0) is 22.9. The molecule has 2 atom stereocenters. The van der Waals surface area contributed by atoms with Gasteiger partial charge >= 0.3 is 6.18 Å². The van der Waals surface area contributed by atoms with Gasteiger partial charge in [-0.05, 0) is 29.8 Å². The number of furan rings is 1. The van der Waals surface area contributed by atoms with Gasteiger partial charge < -0.3 is 24.5 Å². The first kappa shape index (κ1) is 21.6. The third kappa shape index (κ3) is 4.23. The van der Waals surface area contributed by atoms with Gasteiger partial charge in [0.05, 0.1) is 26.5 Å². The van der Waals surface area contributed by atoms with Crippen LogP contribution in [0.25, 0.3) is 0 Å². The van der Waals surface area contributed by atoms with Crippen molar-refractivity contribution in [3.63, 3.8) is 0 Å². The Hall–Kier alpha value is -3.63. The molecular formula is C21H21F3N4O4. The van der Waals surface area contributed by atoms with Crippen LogP contribution >= 0.6 is 0 Å². The first-order valence-corrected chi connectivity index (χ1v) is 9.75. The lowest BCUT2D eigenvalue weighted by molar-refractivity contribution is -0.174. The zero-order valence-electron chi connectivity index (χ0n) is 17.3. The maximum atomic E-state index is 13.7. The van der Waals surface area contributed by atoms with Crippen molar-refractivity contribution >= 4 is 11.7 Å². The summed E-state index contributed by atoms with van der Waals surface area (Å²) < 4.78 is 57.6. The Morgan fingerprint density at radius 2 is 2.03 bits per heavy atom. The number of rotatable bonds is 6. The van der Waals surface area contributed by atoms with Gasteiger partial charge in [0.2, 0.25) is 0 Å². The van der Waals surface area contributed by atoms with E-state index >= 15 is 0 Å². The molecule has 0 aliphatic carbocycles. The molecule has 8 nitrogen and oxygen atoms in total. The molecule has 11 heteroatoms. The molecule has 3 heterocycles. The second-order valence-corrected chi connectivity index (χ2v) is 7.24. The molecule has 170 valence electrons. The van der Waals surface area contributed by atoms with Crippen LogP contribution in [0.1, 0.15) is 40.3 Å². The average molecular weight is 450 g/mol. The fraction of sp³-hybridized carbons (Fsp3) is 0.333. The van der Waals surface area contributed by atoms with Crippen molar-refractivity contribution in [1.29, 1.82) is 0 Å². The van der Waals surface area contributed by atoms with E-state index in [2.05, 4.69) is 15.7 Å². The van der Waals surface area contributed by atoms with Crippen LogP contribution in [-0.4, -0.2) is 36.1 Å². The molecule has 2 aromatic heterocycles. The first-order chi connectivity index (χ1) is 15.3. The van der Waals surface area contributed by atoms with Gasteiger partial charge in [-0.2, -0.15) is 18.3 Å². The number of amides is 1. The standard InChI is InChI=1S/C21H21F3N4O4/c1-30-16-6-5-12(8-17(16)31-2)11-25-20(29)14-10-19-26-13(15-4-3-7-32-15)9-18(21(22,23)24)28(19)27-14/h3-8,10,13,18,26H,9,11H2,1-2H3,(H,25,29). The van der Waals surface area contributed by atoms with E-state index in [1.165, 1.54) is 26.5 Å². The molecule has 0 saturated carbocycles. The molecule has 0 saturated heterocycles. The van der Waals surface area contributed by atoms with Crippen molar-refractivity contribution in [1.82, 2.24) is 15.1 Å². The number of anilines is 1. The highest BCUT2D eigenvalue weighted by atomic mass is 19.4. The lowest BCUT2D eigenvalue weighted by Crippen LogP contribution is -2.35. The Labute approximate surface area is 181 Å². The summed E-state index contributed by atoms with van der Waals surface area (Å²) in [6.45, 7) is 0.131. The van der Waals surface area contributed by atoms with Gasteiger partial charge in [0.15, 0.2) is 23.2 Å². The summed E-state index contributed by atoms with van der Waals surface area (Å²) >= 11 is 0. The van der Waals surface area contributed by atoms with Gasteiger partial charge in [0.1, 0.15) is 11.6 Å². The number of hydrogen-bond acceptors (Lipinski definition) is 6. The van der Waals surface area contributed by atoms with Crippen LogP contribution in [0, 0.1) is 0 Å². The molecule has 2 N–H and O–H groups in total. The van der Waals surface area contributed by atoms with Gasteiger partial charge in [-0.3, -0.25) is 4.79 Å². The number of ether oxygens (including phenoxy) is 2. The highest BCUT2D eigenvalue weighted by Crippen LogP contribution is 2.43. The lowest BCUT2D eigenvalue weighted by atomic mass is 10.0. The molecule has 0 radical (unpaired) electrons. The molecule has 4 rings (SSSR count). The maximum absolute atomic E-state index is 13.7. The lowest BCUT2D eigenvalue weighted by Gasteiger charge is -2.32. The number of nitrogens with zero attached hydrogens (tertiary/aromatic N) is 2. The molecular weight excluding hydrogens is 429 g/mol. The van der Waals surface area contributed by atoms with Crippen LogP contribution in [0.5, 0.6) is 11.5 Å². The summed E-state index contributed by atoms with van der Waals surface area (Å²) in [7, 11) is 3.01. The number of methoxy groups -OCH3 is 2. The molecule has 0 bridgehead atoms. The molecule has 1 aliphatic rings. The SMILES string of the molecule is COc1ccc(CNC(=O)c2cc3n(n2)C(C(F)(F)F)CC(c2ccco2)N3)cc1OC. The van der Waals surface area contributed by atoms with Crippen LogP contribution in [0.15, 0.2) is 47.1 Å². The quantitative estimate of drug-likeness (QED) is 0.588. The van der Waals surface area contributed by atoms with E-state index in [0.29, 0.717) is 17.3 Å². The second kappa shape index (κ2) is 8.48. The van der Waals surface area contributed by atoms with Crippen LogP contribution < -0.4 is 20.1 Å². The summed E-state index contributed by atoms with van der Waals surface area (Å²) in [5.74, 6) is 0.916. The third-order valence-electron chi connectivity index (χ3n) is 5.21. The molecule has 1 aliphatic heterocycles. The van der Waals surface area contributed by atoms with Gasteiger partial charge in [0, 0.05) is 19.0 Å². The van der Waals surface area contributed by atoms with Crippen molar-refractivity contribution in [2.45, 2.75) is 31.2 Å². The van der Waals surface area contributed by atoms with Gasteiger partial charge in [0.25, 0.3) is 5.91 Å². The number of carbonyl (C=O) groups is 1. The third-order valence-corrected chi connectivity index (χ3v) is 5.21. The monoisotopic (exact) mass is 450 g/mol. The predicted molar refractivity (Wildman–Crippen MR) is 108 cm³/mol. The fourth-order valence-electron chi connectivity index (χ4n) is 3.62. The molecule has 32 heavy (non-hydrogen) atoms. The molecule has 2 unspecified atom stereocenters. The summed E-state index contributed by atoms with van der Waals surface area (Å²) in [6, 6.07) is 7.08. The Balaban J connectivity index is 1.53. The minimum Gasteiger partial charge on any atom is -0.493 e. The topological polar surface area (TPSA) is 90.5 Å². The number of hydrogen-bond donors (Lipinski definition) is 2. The smallest absolute Gasteiger partial charge is 0.410 e. The molecule has 1 aromatic carbocycles. The van der Waals surface area contributed by atoms with Crippen molar-refractivity contribution in [3.05, 3.63) is 59.7 Å². The molecule has 0 fully saturated rings. The minimum absolute atomic E-state index is 0.0937. The summed E-state index contributed by atoms with van der Waals surface area (Å²) in [5.41, 5.74) is 0.603. The number of fused-ring (bicyclic) bond motifs is 1. The van der Waals surface area contributed by atoms with Gasteiger partial charge in [-0.15, -0.1) is 0 Å². The highest BCUT2D eigenvalue weighted by molar-refractivity contribution is 5.93. The number of aromatic nitrogens is 2. The summed E-state index contributed by atoms with van der Waals surface area (Å²) in [5, 5.41) is 9.58. The number of alkyl halides is 3. The Kier molecular flexibility index (Phi) is 5.72. The number of nitrogens with one attached hydrogen (secondary N) is 2. The van der Waals surface area contributed by atoms with E-state index in [-0.39, 0.29) is 24.5 Å². The van der Waals surface area contributed by atoms with Crippen LogP contribution in [0.2, 0.25) is 0 Å². The number of benzene rings is 1. The predicted octanol–water partition coefficient (Wildman–Crippen LogP) is 4.08. The van der Waals surface area contributed by atoms with Crippen LogP contribution in [0.3, 0.4) is 0 Å². The number of carbonyl (C=O) groups excluding carboxylic acids is 1. The largest absolute Gasteiger partial charge is 0.493 e. The Morgan fingerprint density at radius 1 is 1.25 bits per heavy atom. The Bertz CT molecular complexity index is 1100. The minimum atomic E-state index is -4.54. The first-order valence-electron chi connectivity index (χ1n) is 9.75. The van der Waals surface area contributed by atoms with Crippen LogP contribution in [-0.2, 0) is 6.54 Å². The zero-order valence-corrected chi connectivity index (χ0v) is 17.3. The number of halogens is 3. The van der Waals surface area contributed by atoms with Gasteiger partial charge in [-0.25, -0.2) is 4.68 Å². The van der Waals surface area contributed by atoms with E-state index < -0.39 is 24.2 Å². The summed E-state index contributed by atoms with van der Waals surface area (Å²) in [6.07, 6.45) is -3.45. The van der Waals surface area contributed by atoms with E-state index in [9.17, 15) is 18.0 Å². The summed E-state index contributed by atoms with van der Waals surface area (Å²) in [4.78, 5) is 12.6. The van der Waals surface area contributed by atoms with Crippen molar-refractivity contribution in [2.24, 2.45) is 0 Å². The maximum Gasteiger partial charge on any atom is 0.410 e. The van der Waals surface area contributed by atoms with Crippen molar-refractivity contribution < 1.29 is 31.9 Å². The van der Waals surface area contributed by atoms with E-state index in [1.807, 2.05) is 0 Å². The van der Waals surface area contributed by atoms with E-state index in [4.69, 9.17) is 13.9 Å². The van der Waals surface area contributed by atoms with Crippen molar-refractivity contribution in [3.8, 4) is 11.5 Å². The van der Waals surface area contributed by atoms with E-state index in [0.717, 1.165) is 10.2 Å². The normalized spacial score (nSPS) is 17.9. The van der Waals surface area contributed by atoms with E-state index in [1.54, 1.807) is 30.3 Å². The van der Waals surface area contributed by atoms with Crippen LogP contribution in [0.4, 0.5) is 19.0 Å². The Morgan fingerprint density at radius 3 is 2.69 bits per heavy atom. The highest BCUT2D eigenvalue weighted by Gasteiger charge is 2.47. The molecule has 1 amide bonds. The molecule has 0 spiro atoms.